The van der Waals surface area contributed by atoms with Gasteiger partial charge >= 0.3 is 0 Å². The van der Waals surface area contributed by atoms with Crippen molar-refractivity contribution in [2.24, 2.45) is 47.2 Å². The second-order valence-corrected chi connectivity index (χ2v) is 10.1. The Bertz CT molecular complexity index is 388. The van der Waals surface area contributed by atoms with Crippen LogP contribution in [-0.4, -0.2) is 6.04 Å². The molecule has 3 aliphatic rings. The van der Waals surface area contributed by atoms with Gasteiger partial charge in [-0.15, -0.1) is 0 Å². The lowest BCUT2D eigenvalue weighted by atomic mass is 9.68. The summed E-state index contributed by atoms with van der Waals surface area (Å²) in [5.74, 6) is 7.19. The van der Waals surface area contributed by atoms with E-state index in [4.69, 9.17) is 5.73 Å². The summed E-state index contributed by atoms with van der Waals surface area (Å²) >= 11 is 0. The first kappa shape index (κ1) is 19.7. The van der Waals surface area contributed by atoms with Crippen LogP contribution in [-0.2, 0) is 0 Å². The van der Waals surface area contributed by atoms with Gasteiger partial charge in [0, 0.05) is 6.04 Å². The maximum Gasteiger partial charge on any atom is 0.00388 e. The second-order valence-electron chi connectivity index (χ2n) is 10.1. The zero-order valence-electron chi connectivity index (χ0n) is 17.4. The van der Waals surface area contributed by atoms with E-state index in [2.05, 4.69) is 20.8 Å². The summed E-state index contributed by atoms with van der Waals surface area (Å²) in [6.07, 6.45) is 18.8. The molecule has 3 rings (SSSR count). The molecule has 0 radical (unpaired) electrons. The van der Waals surface area contributed by atoms with Crippen molar-refractivity contribution in [1.82, 2.24) is 0 Å². The molecule has 3 saturated carbocycles. The number of hydrogen-bond acceptors (Lipinski definition) is 1. The van der Waals surface area contributed by atoms with Crippen molar-refractivity contribution in [2.75, 3.05) is 0 Å². The molecule has 0 aliphatic heterocycles. The van der Waals surface area contributed by atoms with Crippen LogP contribution in [0, 0.1) is 41.4 Å². The Kier molecular flexibility index (Phi) is 7.29. The van der Waals surface area contributed by atoms with Gasteiger partial charge in [-0.3, -0.25) is 0 Å². The Balaban J connectivity index is 1.58. The van der Waals surface area contributed by atoms with Gasteiger partial charge in [0.25, 0.3) is 0 Å². The van der Waals surface area contributed by atoms with Crippen molar-refractivity contribution < 1.29 is 0 Å². The molecule has 1 heteroatoms. The van der Waals surface area contributed by atoms with Crippen LogP contribution in [0.3, 0.4) is 0 Å². The van der Waals surface area contributed by atoms with Crippen LogP contribution in [0.2, 0.25) is 0 Å². The van der Waals surface area contributed by atoms with Crippen molar-refractivity contribution in [2.45, 2.75) is 110 Å². The largest absolute Gasteiger partial charge is 0.328 e. The smallest absolute Gasteiger partial charge is 0.00388 e. The highest BCUT2D eigenvalue weighted by atomic mass is 14.6. The highest BCUT2D eigenvalue weighted by molar-refractivity contribution is 4.96. The summed E-state index contributed by atoms with van der Waals surface area (Å²) in [7, 11) is 0. The Morgan fingerprint density at radius 1 is 1.00 bits per heavy atom. The molecule has 0 spiro atoms. The van der Waals surface area contributed by atoms with Crippen LogP contribution in [0.25, 0.3) is 0 Å². The Hall–Kier alpha value is -0.0400. The molecule has 0 heterocycles. The van der Waals surface area contributed by atoms with E-state index < -0.39 is 0 Å². The molecule has 3 aliphatic carbocycles. The average molecular weight is 348 g/mol. The van der Waals surface area contributed by atoms with E-state index in [0.29, 0.717) is 6.04 Å². The summed E-state index contributed by atoms with van der Waals surface area (Å²) in [5.41, 5.74) is 6.39. The van der Waals surface area contributed by atoms with E-state index in [1.807, 2.05) is 0 Å². The fourth-order valence-electron chi connectivity index (χ4n) is 7.02. The summed E-state index contributed by atoms with van der Waals surface area (Å²) in [6, 6.07) is 0.458. The molecule has 0 amide bonds. The third kappa shape index (κ3) is 4.63. The molecule has 25 heavy (non-hydrogen) atoms. The maximum absolute atomic E-state index is 6.39. The number of nitrogens with two attached hydrogens (primary N) is 1. The quantitative estimate of drug-likeness (QED) is 0.462. The zero-order valence-corrected chi connectivity index (χ0v) is 17.4. The van der Waals surface area contributed by atoms with Gasteiger partial charge in [0.05, 0.1) is 0 Å². The Labute approximate surface area is 157 Å². The number of hydrogen-bond donors (Lipinski definition) is 1. The lowest BCUT2D eigenvalue weighted by Gasteiger charge is -2.37. The summed E-state index contributed by atoms with van der Waals surface area (Å²) < 4.78 is 0. The summed E-state index contributed by atoms with van der Waals surface area (Å²) in [6.45, 7) is 7.34. The number of rotatable bonds is 10. The van der Waals surface area contributed by atoms with E-state index in [1.165, 1.54) is 77.0 Å². The van der Waals surface area contributed by atoms with Gasteiger partial charge in [-0.25, -0.2) is 0 Å². The minimum Gasteiger partial charge on any atom is -0.328 e. The van der Waals surface area contributed by atoms with Gasteiger partial charge in [-0.1, -0.05) is 65.7 Å². The van der Waals surface area contributed by atoms with Crippen LogP contribution in [0.5, 0.6) is 0 Å². The normalized spacial score (nSPS) is 36.0. The first-order chi connectivity index (χ1) is 12.1. The third-order valence-electron chi connectivity index (χ3n) is 8.67. The molecule has 1 nitrogen and oxygen atoms in total. The van der Waals surface area contributed by atoms with Gasteiger partial charge in [0.15, 0.2) is 0 Å². The van der Waals surface area contributed by atoms with E-state index in [0.717, 1.165) is 41.4 Å². The van der Waals surface area contributed by atoms with Crippen LogP contribution >= 0.6 is 0 Å². The molecule has 0 saturated heterocycles. The van der Waals surface area contributed by atoms with Crippen molar-refractivity contribution in [3.05, 3.63) is 0 Å². The van der Waals surface area contributed by atoms with Gasteiger partial charge in [-0.05, 0) is 80.0 Å². The van der Waals surface area contributed by atoms with E-state index >= 15 is 0 Å². The zero-order chi connectivity index (χ0) is 17.8. The lowest BCUT2D eigenvalue weighted by Crippen LogP contribution is -2.29. The Morgan fingerprint density at radius 2 is 1.76 bits per heavy atom. The standard InChI is InChI=1S/C24H45N/c1-4-8-21(25)13-14-23-22-12-7-11-20(22)16-24(23)17(3)15-18(5-2)19-9-6-10-19/h17-24H,4-16,25H2,1-3H3/t17-,18?,20?,21?,22?,23?,24?/m1/s1. The van der Waals surface area contributed by atoms with Gasteiger partial charge < -0.3 is 5.73 Å². The fraction of sp³-hybridized carbons (Fsp3) is 1.00. The van der Waals surface area contributed by atoms with Crippen molar-refractivity contribution in [3.8, 4) is 0 Å². The highest BCUT2D eigenvalue weighted by Crippen LogP contribution is 2.55. The van der Waals surface area contributed by atoms with E-state index in [1.54, 1.807) is 6.42 Å². The second kappa shape index (κ2) is 9.25. The predicted octanol–water partition coefficient (Wildman–Crippen LogP) is 6.80. The van der Waals surface area contributed by atoms with E-state index in [9.17, 15) is 0 Å². The van der Waals surface area contributed by atoms with Crippen molar-refractivity contribution in [3.63, 3.8) is 0 Å². The fourth-order valence-corrected chi connectivity index (χ4v) is 7.02. The highest BCUT2D eigenvalue weighted by Gasteiger charge is 2.46. The first-order valence-electron chi connectivity index (χ1n) is 11.9. The third-order valence-corrected chi connectivity index (χ3v) is 8.67. The average Bonchev–Trinajstić information content (AvgIpc) is 3.11. The monoisotopic (exact) mass is 347 g/mol. The van der Waals surface area contributed by atoms with Crippen LogP contribution < -0.4 is 5.73 Å². The molecule has 3 fully saturated rings. The molecule has 0 aromatic rings. The lowest BCUT2D eigenvalue weighted by molar-refractivity contribution is 0.132. The van der Waals surface area contributed by atoms with Crippen molar-refractivity contribution in [1.29, 1.82) is 0 Å². The van der Waals surface area contributed by atoms with Crippen LogP contribution in [0.15, 0.2) is 0 Å². The van der Waals surface area contributed by atoms with Gasteiger partial charge in [0.1, 0.15) is 0 Å². The Morgan fingerprint density at radius 3 is 2.40 bits per heavy atom. The SMILES string of the molecule is CCCC(N)CCC1C2CCCC2CC1[C@H](C)CC(CC)C1CCC1. The van der Waals surface area contributed by atoms with Gasteiger partial charge in [-0.2, -0.15) is 0 Å². The molecule has 7 atom stereocenters. The van der Waals surface area contributed by atoms with Crippen molar-refractivity contribution >= 4 is 0 Å². The minimum absolute atomic E-state index is 0.458. The molecule has 0 bridgehead atoms. The van der Waals surface area contributed by atoms with E-state index in [-0.39, 0.29) is 0 Å². The molecule has 146 valence electrons. The minimum atomic E-state index is 0.458. The topological polar surface area (TPSA) is 26.0 Å². The predicted molar refractivity (Wildman–Crippen MR) is 109 cm³/mol. The molecular weight excluding hydrogens is 302 g/mol. The summed E-state index contributed by atoms with van der Waals surface area (Å²) in [4.78, 5) is 0. The molecule has 2 N–H and O–H groups in total. The first-order valence-corrected chi connectivity index (χ1v) is 11.9. The molecule has 0 aromatic heterocycles. The van der Waals surface area contributed by atoms with Crippen LogP contribution in [0.4, 0.5) is 0 Å². The number of fused-ring (bicyclic) bond motifs is 1. The molecule has 6 unspecified atom stereocenters. The molecule has 0 aromatic carbocycles. The summed E-state index contributed by atoms with van der Waals surface area (Å²) in [5, 5.41) is 0. The molecular formula is C24H45N. The maximum atomic E-state index is 6.39. The van der Waals surface area contributed by atoms with Gasteiger partial charge in [0.2, 0.25) is 0 Å². The van der Waals surface area contributed by atoms with Crippen LogP contribution in [0.1, 0.15) is 104 Å².